The van der Waals surface area contributed by atoms with E-state index < -0.39 is 5.97 Å². The van der Waals surface area contributed by atoms with Crippen molar-refractivity contribution in [1.29, 1.82) is 0 Å². The summed E-state index contributed by atoms with van der Waals surface area (Å²) in [4.78, 5) is 27.2. The van der Waals surface area contributed by atoms with Crippen molar-refractivity contribution in [3.05, 3.63) is 59.3 Å². The molecule has 2 N–H and O–H groups in total. The van der Waals surface area contributed by atoms with Crippen molar-refractivity contribution in [3.63, 3.8) is 0 Å². The highest BCUT2D eigenvalue weighted by Crippen LogP contribution is 2.58. The van der Waals surface area contributed by atoms with E-state index in [2.05, 4.69) is 53.2 Å². The lowest BCUT2D eigenvalue weighted by atomic mass is 9.50. The van der Waals surface area contributed by atoms with Gasteiger partial charge in [-0.05, 0) is 87.6 Å². The van der Waals surface area contributed by atoms with E-state index in [9.17, 15) is 14.7 Å². The van der Waals surface area contributed by atoms with E-state index >= 15 is 0 Å². The number of carbonyl (C=O) groups is 2. The molecule has 196 valence electrons. The third-order valence-corrected chi connectivity index (χ3v) is 8.88. The second-order valence-corrected chi connectivity index (χ2v) is 11.4. The van der Waals surface area contributed by atoms with Gasteiger partial charge in [0.05, 0.1) is 29.2 Å². The van der Waals surface area contributed by atoms with Crippen LogP contribution in [0.3, 0.4) is 0 Å². The number of carboxylic acid groups (broad SMARTS) is 1. The first-order valence-electron chi connectivity index (χ1n) is 13.7. The number of hydrogen-bond acceptors (Lipinski definition) is 4. The van der Waals surface area contributed by atoms with Gasteiger partial charge in [0.25, 0.3) is 5.91 Å². The molecule has 1 amide bonds. The van der Waals surface area contributed by atoms with Crippen LogP contribution in [0.2, 0.25) is 0 Å². The average molecular weight is 511 g/mol. The third-order valence-electron chi connectivity index (χ3n) is 8.88. The summed E-state index contributed by atoms with van der Waals surface area (Å²) in [6.45, 7) is 6.15. The molecule has 0 radical (unpaired) electrons. The van der Waals surface area contributed by atoms with E-state index in [1.807, 2.05) is 29.9 Å². The number of aliphatic carboxylic acids is 1. The first kappa shape index (κ1) is 24.5. The van der Waals surface area contributed by atoms with E-state index in [0.717, 1.165) is 60.8 Å². The summed E-state index contributed by atoms with van der Waals surface area (Å²) in [5.41, 5.74) is 4.74. The van der Waals surface area contributed by atoms with Crippen molar-refractivity contribution in [2.75, 3.05) is 18.0 Å². The van der Waals surface area contributed by atoms with Crippen LogP contribution in [-0.4, -0.2) is 45.9 Å². The number of anilines is 1. The fourth-order valence-corrected chi connectivity index (χ4v) is 6.81. The standard InChI is InChI=1S/C31H34N4O3/c1-3-6-22-9-12-26(29(36)33-24-17-31(18-24)15-23(16-31)30(37)38)28-27(22)19-32-35(28)20(2)21-7-10-25(11-8-21)34-13-4-5-14-34/h7-12,19-20,23-24H,4-5,13-18H2,1-2H3,(H,33,36)(H,37,38). The van der Waals surface area contributed by atoms with Gasteiger partial charge in [-0.15, -0.1) is 5.92 Å². The Kier molecular flexibility index (Phi) is 6.14. The Bertz CT molecular complexity index is 1440. The zero-order valence-corrected chi connectivity index (χ0v) is 22.0. The number of benzene rings is 2. The summed E-state index contributed by atoms with van der Waals surface area (Å²) < 4.78 is 1.95. The van der Waals surface area contributed by atoms with Gasteiger partial charge in [0.15, 0.2) is 0 Å². The predicted octanol–water partition coefficient (Wildman–Crippen LogP) is 4.99. The van der Waals surface area contributed by atoms with Crippen LogP contribution >= 0.6 is 0 Å². The summed E-state index contributed by atoms with van der Waals surface area (Å²) in [6, 6.07) is 12.5. The van der Waals surface area contributed by atoms with Crippen LogP contribution < -0.4 is 10.2 Å². The van der Waals surface area contributed by atoms with Crippen LogP contribution in [0.25, 0.3) is 10.9 Å². The third kappa shape index (κ3) is 4.22. The summed E-state index contributed by atoms with van der Waals surface area (Å²) in [5.74, 6) is 5.10. The first-order valence-corrected chi connectivity index (χ1v) is 13.7. The van der Waals surface area contributed by atoms with Gasteiger partial charge in [0.2, 0.25) is 0 Å². The second-order valence-electron chi connectivity index (χ2n) is 11.4. The van der Waals surface area contributed by atoms with Crippen molar-refractivity contribution in [3.8, 4) is 11.8 Å². The normalized spacial score (nSPS) is 24.8. The lowest BCUT2D eigenvalue weighted by Gasteiger charge is -2.56. The summed E-state index contributed by atoms with van der Waals surface area (Å²) >= 11 is 0. The number of hydrogen-bond donors (Lipinski definition) is 2. The van der Waals surface area contributed by atoms with Crippen LogP contribution in [-0.2, 0) is 4.79 Å². The molecule has 3 fully saturated rings. The Balaban J connectivity index is 1.25. The summed E-state index contributed by atoms with van der Waals surface area (Å²) in [7, 11) is 0. The predicted molar refractivity (Wildman–Crippen MR) is 147 cm³/mol. The van der Waals surface area contributed by atoms with Gasteiger partial charge in [0, 0.05) is 35.8 Å². The molecular weight excluding hydrogens is 476 g/mol. The highest BCUT2D eigenvalue weighted by Gasteiger charge is 2.55. The molecule has 6 rings (SSSR count). The highest BCUT2D eigenvalue weighted by molar-refractivity contribution is 6.07. The fraction of sp³-hybridized carbons (Fsp3) is 0.452. The molecule has 1 spiro atoms. The van der Waals surface area contributed by atoms with Crippen LogP contribution in [0, 0.1) is 23.2 Å². The van der Waals surface area contributed by atoms with Crippen LogP contribution in [0.5, 0.6) is 0 Å². The molecule has 0 bridgehead atoms. The van der Waals surface area contributed by atoms with Gasteiger partial charge < -0.3 is 15.3 Å². The number of carbonyl (C=O) groups excluding carboxylic acids is 1. The van der Waals surface area contributed by atoms with Crippen LogP contribution in [0.4, 0.5) is 5.69 Å². The van der Waals surface area contributed by atoms with Crippen LogP contribution in [0.1, 0.15) is 79.9 Å². The Hall–Kier alpha value is -3.79. The van der Waals surface area contributed by atoms with Crippen LogP contribution in [0.15, 0.2) is 42.6 Å². The first-order chi connectivity index (χ1) is 18.4. The minimum absolute atomic E-state index is 0.0635. The molecule has 7 heteroatoms. The average Bonchev–Trinajstić information content (AvgIpc) is 3.55. The number of fused-ring (bicyclic) bond motifs is 1. The second kappa shape index (κ2) is 9.50. The molecule has 38 heavy (non-hydrogen) atoms. The molecule has 1 unspecified atom stereocenters. The molecule has 1 aromatic heterocycles. The van der Waals surface area contributed by atoms with E-state index in [1.54, 1.807) is 0 Å². The van der Waals surface area contributed by atoms with Gasteiger partial charge in [-0.1, -0.05) is 18.1 Å². The maximum atomic E-state index is 13.5. The summed E-state index contributed by atoms with van der Waals surface area (Å²) in [6.07, 6.45) is 7.47. The Labute approximate surface area is 223 Å². The van der Waals surface area contributed by atoms with Gasteiger partial charge in [0.1, 0.15) is 0 Å². The molecule has 3 aromatic rings. The monoisotopic (exact) mass is 510 g/mol. The van der Waals surface area contributed by atoms with Gasteiger partial charge in [-0.25, -0.2) is 0 Å². The summed E-state index contributed by atoms with van der Waals surface area (Å²) in [5, 5.41) is 18.0. The van der Waals surface area contributed by atoms with Crippen molar-refractivity contribution in [2.45, 2.75) is 64.5 Å². The Morgan fingerprint density at radius 2 is 1.79 bits per heavy atom. The van der Waals surface area contributed by atoms with Crippen molar-refractivity contribution < 1.29 is 14.7 Å². The van der Waals surface area contributed by atoms with Crippen molar-refractivity contribution in [2.24, 2.45) is 11.3 Å². The van der Waals surface area contributed by atoms with Gasteiger partial charge in [-0.3, -0.25) is 14.3 Å². The number of amides is 1. The molecular formula is C31H34N4O3. The SMILES string of the molecule is CC#Cc1ccc(C(=O)NC2CC3(C2)CC(C(=O)O)C3)c2c1cnn2C(C)c1ccc(N2CCCC2)cc1. The van der Waals surface area contributed by atoms with Crippen molar-refractivity contribution >= 4 is 28.5 Å². The molecule has 2 heterocycles. The molecule has 1 aliphatic heterocycles. The molecule has 7 nitrogen and oxygen atoms in total. The van der Waals surface area contributed by atoms with Crippen molar-refractivity contribution in [1.82, 2.24) is 15.1 Å². The zero-order chi connectivity index (χ0) is 26.4. The Morgan fingerprint density at radius 1 is 1.08 bits per heavy atom. The lowest BCUT2D eigenvalue weighted by Crippen LogP contribution is -2.57. The smallest absolute Gasteiger partial charge is 0.306 e. The van der Waals surface area contributed by atoms with E-state index in [-0.39, 0.29) is 29.3 Å². The topological polar surface area (TPSA) is 87.5 Å². The van der Waals surface area contributed by atoms with Gasteiger partial charge >= 0.3 is 5.97 Å². The highest BCUT2D eigenvalue weighted by atomic mass is 16.4. The number of carboxylic acids is 1. The molecule has 1 atom stereocenters. The molecule has 2 aliphatic carbocycles. The largest absolute Gasteiger partial charge is 0.481 e. The fourth-order valence-electron chi connectivity index (χ4n) is 6.81. The number of rotatable bonds is 6. The Morgan fingerprint density at radius 3 is 2.45 bits per heavy atom. The minimum atomic E-state index is -0.700. The molecule has 1 saturated heterocycles. The number of nitrogens with one attached hydrogen (secondary N) is 1. The zero-order valence-electron chi connectivity index (χ0n) is 22.0. The van der Waals surface area contributed by atoms with E-state index in [0.29, 0.717) is 5.56 Å². The maximum Gasteiger partial charge on any atom is 0.306 e. The lowest BCUT2D eigenvalue weighted by molar-refractivity contribution is -0.155. The molecule has 2 saturated carbocycles. The van der Waals surface area contributed by atoms with E-state index in [1.165, 1.54) is 18.5 Å². The number of nitrogens with zero attached hydrogens (tertiary/aromatic N) is 3. The van der Waals surface area contributed by atoms with Gasteiger partial charge in [-0.2, -0.15) is 5.10 Å². The van der Waals surface area contributed by atoms with E-state index in [4.69, 9.17) is 5.10 Å². The number of aromatic nitrogens is 2. The minimum Gasteiger partial charge on any atom is -0.481 e. The molecule has 3 aliphatic rings. The molecule has 2 aromatic carbocycles. The quantitative estimate of drug-likeness (QED) is 0.456. The maximum absolute atomic E-state index is 13.5.